The lowest BCUT2D eigenvalue weighted by molar-refractivity contribution is -0.184. The van der Waals surface area contributed by atoms with Crippen LogP contribution in [0, 0.1) is 0 Å². The Morgan fingerprint density at radius 3 is 2.74 bits per heavy atom. The highest BCUT2D eigenvalue weighted by atomic mass is 16.7. The van der Waals surface area contributed by atoms with Crippen molar-refractivity contribution >= 4 is 11.5 Å². The van der Waals surface area contributed by atoms with E-state index < -0.39 is 6.29 Å². The highest BCUT2D eigenvalue weighted by Crippen LogP contribution is 2.27. The van der Waals surface area contributed by atoms with E-state index in [-0.39, 0.29) is 5.78 Å². The molecule has 23 heavy (non-hydrogen) atoms. The highest BCUT2D eigenvalue weighted by Gasteiger charge is 2.33. The van der Waals surface area contributed by atoms with Gasteiger partial charge >= 0.3 is 0 Å². The van der Waals surface area contributed by atoms with Crippen LogP contribution < -0.4 is 0 Å². The molecule has 2 heterocycles. The first-order chi connectivity index (χ1) is 11.3. The Hall–Kier alpha value is -2.51. The Morgan fingerprint density at radius 2 is 2.00 bits per heavy atom. The summed E-state index contributed by atoms with van der Waals surface area (Å²) in [4.78, 5) is 17.1. The minimum Gasteiger partial charge on any atom is -0.410 e. The summed E-state index contributed by atoms with van der Waals surface area (Å²) in [5.41, 5.74) is 2.17. The summed E-state index contributed by atoms with van der Waals surface area (Å²) in [5.74, 6) is -0.142. The topological polar surface area (TPSA) is 85.9 Å². The molecule has 2 aromatic rings. The molecule has 0 unspecified atom stereocenters. The largest absolute Gasteiger partial charge is 0.410 e. The molecule has 1 aliphatic carbocycles. The quantitative estimate of drug-likeness (QED) is 0.571. The van der Waals surface area contributed by atoms with E-state index in [2.05, 4.69) is 10.1 Å². The molecule has 1 aromatic carbocycles. The predicted octanol–water partition coefficient (Wildman–Crippen LogP) is 1.42. The van der Waals surface area contributed by atoms with Crippen LogP contribution in [0.1, 0.15) is 33.7 Å². The molecule has 1 saturated heterocycles. The van der Waals surface area contributed by atoms with Crippen LogP contribution in [0.5, 0.6) is 0 Å². The van der Waals surface area contributed by atoms with Crippen LogP contribution in [-0.4, -0.2) is 45.8 Å². The number of nitrogens with zero attached hydrogens (tertiary/aromatic N) is 3. The van der Waals surface area contributed by atoms with E-state index in [4.69, 9.17) is 9.47 Å². The van der Waals surface area contributed by atoms with Crippen LogP contribution in [-0.2, 0) is 16.0 Å². The van der Waals surface area contributed by atoms with Crippen LogP contribution in [0.3, 0.4) is 0 Å². The van der Waals surface area contributed by atoms with Crippen LogP contribution in [0.2, 0.25) is 0 Å². The fourth-order valence-electron chi connectivity index (χ4n) is 2.98. The molecule has 0 bridgehead atoms. The van der Waals surface area contributed by atoms with Gasteiger partial charge in [-0.05, 0) is 6.42 Å². The lowest BCUT2D eigenvalue weighted by Gasteiger charge is -2.24. The summed E-state index contributed by atoms with van der Waals surface area (Å²) < 4.78 is 12.8. The zero-order chi connectivity index (χ0) is 15.8. The van der Waals surface area contributed by atoms with E-state index >= 15 is 0 Å². The second-order valence-electron chi connectivity index (χ2n) is 5.44. The first-order valence-corrected chi connectivity index (χ1v) is 7.44. The number of oxime groups is 1. The van der Waals surface area contributed by atoms with Crippen molar-refractivity contribution in [1.82, 2.24) is 9.55 Å². The summed E-state index contributed by atoms with van der Waals surface area (Å²) in [6.07, 6.45) is 2.02. The molecule has 0 atom stereocenters. The average Bonchev–Trinajstić information content (AvgIpc) is 3.00. The molecule has 1 fully saturated rings. The smallest absolute Gasteiger partial charge is 0.212 e. The average molecular weight is 313 g/mol. The Kier molecular flexibility index (Phi) is 3.44. The normalized spacial score (nSPS) is 19.7. The number of hydrogen-bond donors (Lipinski definition) is 1. The maximum absolute atomic E-state index is 12.8. The molecule has 0 spiro atoms. The molecule has 0 amide bonds. The number of imidazole rings is 1. The van der Waals surface area contributed by atoms with Gasteiger partial charge in [0.2, 0.25) is 5.78 Å². The van der Waals surface area contributed by atoms with E-state index in [1.165, 1.54) is 0 Å². The van der Waals surface area contributed by atoms with Crippen molar-refractivity contribution in [3.05, 3.63) is 53.1 Å². The number of benzene rings is 1. The molecule has 2 aliphatic rings. The minimum atomic E-state index is -0.401. The molecule has 1 aliphatic heterocycles. The lowest BCUT2D eigenvalue weighted by Crippen LogP contribution is -2.31. The fourth-order valence-corrected chi connectivity index (χ4v) is 2.98. The Bertz CT molecular complexity index is 790. The van der Waals surface area contributed by atoms with E-state index in [9.17, 15) is 10.0 Å². The zero-order valence-electron chi connectivity index (χ0n) is 12.3. The van der Waals surface area contributed by atoms with Gasteiger partial charge in [0.15, 0.2) is 6.29 Å². The van der Waals surface area contributed by atoms with Crippen LogP contribution in [0.15, 0.2) is 35.7 Å². The number of aromatic nitrogens is 2. The van der Waals surface area contributed by atoms with Crippen molar-refractivity contribution in [2.24, 2.45) is 5.16 Å². The van der Waals surface area contributed by atoms with Crippen LogP contribution in [0.4, 0.5) is 0 Å². The molecule has 7 heteroatoms. The summed E-state index contributed by atoms with van der Waals surface area (Å²) in [7, 11) is 0. The van der Waals surface area contributed by atoms with Crippen molar-refractivity contribution in [2.45, 2.75) is 19.3 Å². The summed E-state index contributed by atoms with van der Waals surface area (Å²) >= 11 is 0. The number of ketones is 1. The molecule has 4 rings (SSSR count). The number of carbonyl (C=O) groups excluding carboxylic acids is 1. The van der Waals surface area contributed by atoms with Crippen molar-refractivity contribution in [2.75, 3.05) is 13.2 Å². The molecule has 1 N–H and O–H groups in total. The van der Waals surface area contributed by atoms with Crippen molar-refractivity contribution in [1.29, 1.82) is 0 Å². The number of rotatable bonds is 2. The lowest BCUT2D eigenvalue weighted by atomic mass is 9.89. The maximum atomic E-state index is 12.8. The summed E-state index contributed by atoms with van der Waals surface area (Å²) in [6.45, 7) is 1.65. The molecule has 0 radical (unpaired) electrons. The SMILES string of the molecule is O=C1c2ccccc2/C(=N\O)c2ncn(CC3OCCCO3)c21. The number of ether oxygens (including phenoxy) is 2. The third-order valence-electron chi connectivity index (χ3n) is 4.05. The molecule has 0 saturated carbocycles. The van der Waals surface area contributed by atoms with Gasteiger partial charge in [0, 0.05) is 11.1 Å². The van der Waals surface area contributed by atoms with Gasteiger partial charge in [-0.15, -0.1) is 0 Å². The maximum Gasteiger partial charge on any atom is 0.212 e. The number of fused-ring (bicyclic) bond motifs is 2. The Labute approximate surface area is 132 Å². The van der Waals surface area contributed by atoms with Gasteiger partial charge < -0.3 is 19.2 Å². The summed E-state index contributed by atoms with van der Waals surface area (Å²) in [6, 6.07) is 7.04. The van der Waals surface area contributed by atoms with Gasteiger partial charge in [-0.25, -0.2) is 4.98 Å². The molecular weight excluding hydrogens is 298 g/mol. The van der Waals surface area contributed by atoms with E-state index in [0.29, 0.717) is 48.0 Å². The van der Waals surface area contributed by atoms with Gasteiger partial charge in [0.25, 0.3) is 0 Å². The number of carbonyl (C=O) groups is 1. The third-order valence-corrected chi connectivity index (χ3v) is 4.05. The molecule has 118 valence electrons. The minimum absolute atomic E-state index is 0.142. The van der Waals surface area contributed by atoms with E-state index in [1.54, 1.807) is 35.2 Å². The van der Waals surface area contributed by atoms with Gasteiger partial charge in [-0.1, -0.05) is 29.4 Å². The van der Waals surface area contributed by atoms with Gasteiger partial charge in [0.05, 0.1) is 26.1 Å². The van der Waals surface area contributed by atoms with Gasteiger partial charge in [0.1, 0.15) is 17.1 Å². The molecule has 1 aromatic heterocycles. The van der Waals surface area contributed by atoms with Gasteiger partial charge in [-0.3, -0.25) is 4.79 Å². The van der Waals surface area contributed by atoms with Crippen molar-refractivity contribution in [3.63, 3.8) is 0 Å². The zero-order valence-corrected chi connectivity index (χ0v) is 12.3. The molecular formula is C16H15N3O4. The number of hydrogen-bond acceptors (Lipinski definition) is 6. The van der Waals surface area contributed by atoms with E-state index in [1.807, 2.05) is 0 Å². The standard InChI is InChI=1S/C16H15N3O4/c20-16-11-5-2-1-4-10(11)13(18-21)14-15(16)19(9-17-14)8-12-22-6-3-7-23-12/h1-2,4-5,9,12,21H,3,6-8H2/b18-13+. The summed E-state index contributed by atoms with van der Waals surface area (Å²) in [5, 5.41) is 12.7. The van der Waals surface area contributed by atoms with E-state index in [0.717, 1.165) is 6.42 Å². The van der Waals surface area contributed by atoms with Gasteiger partial charge in [-0.2, -0.15) is 0 Å². The fraction of sp³-hybridized carbons (Fsp3) is 0.312. The third kappa shape index (κ3) is 2.25. The van der Waals surface area contributed by atoms with Crippen LogP contribution >= 0.6 is 0 Å². The van der Waals surface area contributed by atoms with Crippen LogP contribution in [0.25, 0.3) is 0 Å². The Morgan fingerprint density at radius 1 is 1.26 bits per heavy atom. The highest BCUT2D eigenvalue weighted by molar-refractivity contribution is 6.28. The van der Waals surface area contributed by atoms with Crippen molar-refractivity contribution < 1.29 is 19.5 Å². The first-order valence-electron chi connectivity index (χ1n) is 7.44. The first kappa shape index (κ1) is 14.1. The predicted molar refractivity (Wildman–Crippen MR) is 79.8 cm³/mol. The van der Waals surface area contributed by atoms with Crippen molar-refractivity contribution in [3.8, 4) is 0 Å². The molecule has 7 nitrogen and oxygen atoms in total. The monoisotopic (exact) mass is 313 g/mol. The Balaban J connectivity index is 1.76. The second kappa shape index (κ2) is 5.60. The second-order valence-corrected chi connectivity index (χ2v) is 5.44.